The molecule has 0 heteroatoms. The van der Waals surface area contributed by atoms with E-state index >= 15 is 0 Å². The Bertz CT molecular complexity index is 1810. The Kier molecular flexibility index (Phi) is 6.24. The van der Waals surface area contributed by atoms with E-state index in [4.69, 9.17) is 0 Å². The number of benzene rings is 6. The summed E-state index contributed by atoms with van der Waals surface area (Å²) >= 11 is 0. The average molecular weight is 483 g/mol. The SMILES string of the molecule is CC#Cc1ccc(C=Cc2ccc3ccc4c(C=Cc5ccc(C#CC)cc5)ccc5ccc2c3c54)cc1. The largest absolute Gasteiger partial charge is 0.101 e. The van der Waals surface area contributed by atoms with Gasteiger partial charge in [-0.15, -0.1) is 11.8 Å². The van der Waals surface area contributed by atoms with Crippen molar-refractivity contribution in [2.45, 2.75) is 13.8 Å². The number of hydrogen-bond donors (Lipinski definition) is 0. The van der Waals surface area contributed by atoms with Gasteiger partial charge in [-0.3, -0.25) is 0 Å². The van der Waals surface area contributed by atoms with Gasteiger partial charge in [0.25, 0.3) is 0 Å². The maximum Gasteiger partial charge on any atom is 0.0245 e. The molecule has 0 bridgehead atoms. The van der Waals surface area contributed by atoms with E-state index in [1.807, 2.05) is 13.8 Å². The van der Waals surface area contributed by atoms with Crippen LogP contribution in [0.4, 0.5) is 0 Å². The summed E-state index contributed by atoms with van der Waals surface area (Å²) in [6.07, 6.45) is 8.81. The van der Waals surface area contributed by atoms with Crippen molar-refractivity contribution in [3.05, 3.63) is 130 Å². The van der Waals surface area contributed by atoms with E-state index in [2.05, 4.69) is 145 Å². The Labute approximate surface area is 224 Å². The van der Waals surface area contributed by atoms with Crippen LogP contribution in [0.15, 0.2) is 97.1 Å². The van der Waals surface area contributed by atoms with Crippen molar-refractivity contribution in [1.29, 1.82) is 0 Å². The van der Waals surface area contributed by atoms with Crippen LogP contribution in [0.25, 0.3) is 56.6 Å². The molecular formula is C38H26. The lowest BCUT2D eigenvalue weighted by Crippen LogP contribution is -1.88. The molecule has 6 aromatic rings. The molecule has 0 fully saturated rings. The minimum atomic E-state index is 1.04. The summed E-state index contributed by atoms with van der Waals surface area (Å²) in [5.41, 5.74) is 6.86. The molecule has 0 spiro atoms. The maximum absolute atomic E-state index is 3.11. The van der Waals surface area contributed by atoms with E-state index in [-0.39, 0.29) is 0 Å². The van der Waals surface area contributed by atoms with Gasteiger partial charge in [-0.1, -0.05) is 109 Å². The van der Waals surface area contributed by atoms with E-state index < -0.39 is 0 Å². The molecule has 0 aromatic heterocycles. The summed E-state index contributed by atoms with van der Waals surface area (Å²) in [6.45, 7) is 3.73. The molecule has 0 N–H and O–H groups in total. The van der Waals surface area contributed by atoms with Crippen LogP contribution in [0.5, 0.6) is 0 Å². The first-order valence-corrected chi connectivity index (χ1v) is 12.9. The Balaban J connectivity index is 1.41. The second kappa shape index (κ2) is 10.1. The van der Waals surface area contributed by atoms with Crippen molar-refractivity contribution in [3.63, 3.8) is 0 Å². The van der Waals surface area contributed by atoms with Gasteiger partial charge in [0.15, 0.2) is 0 Å². The van der Waals surface area contributed by atoms with E-state index in [1.165, 1.54) is 54.6 Å². The van der Waals surface area contributed by atoms with Crippen molar-refractivity contribution >= 4 is 56.6 Å². The number of hydrogen-bond acceptors (Lipinski definition) is 0. The molecule has 0 saturated heterocycles. The van der Waals surface area contributed by atoms with E-state index in [0.29, 0.717) is 0 Å². The smallest absolute Gasteiger partial charge is 0.0245 e. The van der Waals surface area contributed by atoms with Gasteiger partial charge < -0.3 is 0 Å². The molecule has 0 nitrogen and oxygen atoms in total. The highest BCUT2D eigenvalue weighted by Gasteiger charge is 2.11. The molecule has 0 amide bonds. The average Bonchev–Trinajstić information content (AvgIpc) is 2.96. The van der Waals surface area contributed by atoms with Gasteiger partial charge >= 0.3 is 0 Å². The lowest BCUT2D eigenvalue weighted by atomic mass is 9.89. The summed E-state index contributed by atoms with van der Waals surface area (Å²) in [7, 11) is 0. The van der Waals surface area contributed by atoms with Crippen molar-refractivity contribution < 1.29 is 0 Å². The van der Waals surface area contributed by atoms with Crippen molar-refractivity contribution in [2.75, 3.05) is 0 Å². The van der Waals surface area contributed by atoms with E-state index in [9.17, 15) is 0 Å². The number of rotatable bonds is 4. The van der Waals surface area contributed by atoms with Gasteiger partial charge in [0.2, 0.25) is 0 Å². The third-order valence-corrected chi connectivity index (χ3v) is 7.00. The molecule has 6 rings (SSSR count). The Morgan fingerprint density at radius 2 is 0.816 bits per heavy atom. The van der Waals surface area contributed by atoms with Gasteiger partial charge in [0.05, 0.1) is 0 Å². The Hall–Kier alpha value is -5.04. The predicted octanol–water partition coefficient (Wildman–Crippen LogP) is 9.67. The zero-order chi connectivity index (χ0) is 25.9. The molecule has 0 radical (unpaired) electrons. The fourth-order valence-corrected chi connectivity index (χ4v) is 5.15. The minimum absolute atomic E-state index is 1.04. The van der Waals surface area contributed by atoms with Crippen LogP contribution in [-0.2, 0) is 0 Å². The van der Waals surface area contributed by atoms with Crippen LogP contribution < -0.4 is 0 Å². The molecule has 0 aliphatic carbocycles. The first-order chi connectivity index (χ1) is 18.7. The highest BCUT2D eigenvalue weighted by molar-refractivity contribution is 6.25. The van der Waals surface area contributed by atoms with Gasteiger partial charge in [-0.2, -0.15) is 0 Å². The van der Waals surface area contributed by atoms with Gasteiger partial charge in [0, 0.05) is 11.1 Å². The van der Waals surface area contributed by atoms with Crippen LogP contribution in [0.1, 0.15) is 47.2 Å². The molecule has 0 heterocycles. The lowest BCUT2D eigenvalue weighted by molar-refractivity contribution is 1.61. The van der Waals surface area contributed by atoms with Gasteiger partial charge in [0.1, 0.15) is 0 Å². The maximum atomic E-state index is 3.11. The van der Waals surface area contributed by atoms with Crippen LogP contribution in [0, 0.1) is 23.7 Å². The molecule has 0 atom stereocenters. The van der Waals surface area contributed by atoms with E-state index in [1.54, 1.807) is 0 Å². The standard InChI is InChI=1S/C38H26/c1-3-5-27-7-11-29(12-8-27)15-17-31-19-21-33-24-26-36-32(18-16-30-13-9-28(6-4-2)10-14-30)20-22-34-23-25-35(31)37(33)38(34)36/h7-26H,1-2H3. The molecule has 6 aromatic carbocycles. The van der Waals surface area contributed by atoms with Crippen molar-refractivity contribution in [1.82, 2.24) is 0 Å². The fourth-order valence-electron chi connectivity index (χ4n) is 5.15. The molecular weight excluding hydrogens is 456 g/mol. The second-order valence-corrected chi connectivity index (χ2v) is 9.39. The molecule has 0 saturated carbocycles. The monoisotopic (exact) mass is 482 g/mol. The second-order valence-electron chi connectivity index (χ2n) is 9.39. The predicted molar refractivity (Wildman–Crippen MR) is 166 cm³/mol. The Morgan fingerprint density at radius 1 is 0.421 bits per heavy atom. The zero-order valence-electron chi connectivity index (χ0n) is 21.5. The summed E-state index contributed by atoms with van der Waals surface area (Å²) < 4.78 is 0. The molecule has 0 aliphatic rings. The van der Waals surface area contributed by atoms with Crippen LogP contribution in [-0.4, -0.2) is 0 Å². The third-order valence-electron chi connectivity index (χ3n) is 7.00. The summed E-state index contributed by atoms with van der Waals surface area (Å²) in [6, 6.07) is 34.7. The van der Waals surface area contributed by atoms with Gasteiger partial charge in [-0.25, -0.2) is 0 Å². The van der Waals surface area contributed by atoms with Crippen LogP contribution in [0.3, 0.4) is 0 Å². The third kappa shape index (κ3) is 4.46. The quantitative estimate of drug-likeness (QED) is 0.133. The van der Waals surface area contributed by atoms with E-state index in [0.717, 1.165) is 11.1 Å². The first kappa shape index (κ1) is 23.4. The van der Waals surface area contributed by atoms with Gasteiger partial charge in [-0.05, 0) is 92.7 Å². The zero-order valence-corrected chi connectivity index (χ0v) is 21.5. The first-order valence-electron chi connectivity index (χ1n) is 12.9. The van der Waals surface area contributed by atoms with Crippen molar-refractivity contribution in [3.8, 4) is 23.7 Å². The lowest BCUT2D eigenvalue weighted by Gasteiger charge is -2.14. The Morgan fingerprint density at radius 3 is 1.21 bits per heavy atom. The summed E-state index contributed by atoms with van der Waals surface area (Å²) in [5, 5.41) is 7.75. The van der Waals surface area contributed by atoms with Crippen molar-refractivity contribution in [2.24, 2.45) is 0 Å². The highest BCUT2D eigenvalue weighted by atomic mass is 14.1. The molecule has 38 heavy (non-hydrogen) atoms. The van der Waals surface area contributed by atoms with Crippen LogP contribution in [0.2, 0.25) is 0 Å². The molecule has 178 valence electrons. The summed E-state index contributed by atoms with van der Waals surface area (Å²) in [5.74, 6) is 12.1. The minimum Gasteiger partial charge on any atom is -0.101 e. The molecule has 0 aliphatic heterocycles. The fraction of sp³-hybridized carbons (Fsp3) is 0.0526. The normalized spacial score (nSPS) is 11.3. The van der Waals surface area contributed by atoms with Crippen LogP contribution >= 0.6 is 0 Å². The molecule has 0 unspecified atom stereocenters. The summed E-state index contributed by atoms with van der Waals surface area (Å²) in [4.78, 5) is 0. The topological polar surface area (TPSA) is 0 Å². The highest BCUT2D eigenvalue weighted by Crippen LogP contribution is 2.38.